The SMILES string of the molecule is CCOC1=Nc2ccccc2C(=O)C1C. The Labute approximate surface area is 88.8 Å². The van der Waals surface area contributed by atoms with Crippen molar-refractivity contribution >= 4 is 17.4 Å². The first-order valence-corrected chi connectivity index (χ1v) is 5.08. The van der Waals surface area contributed by atoms with Gasteiger partial charge in [0.15, 0.2) is 11.7 Å². The van der Waals surface area contributed by atoms with Crippen LogP contribution in [0.3, 0.4) is 0 Å². The van der Waals surface area contributed by atoms with Crippen molar-refractivity contribution in [3.63, 3.8) is 0 Å². The minimum absolute atomic E-state index is 0.0871. The summed E-state index contributed by atoms with van der Waals surface area (Å²) in [6.45, 7) is 4.26. The molecule has 0 aromatic heterocycles. The fourth-order valence-corrected chi connectivity index (χ4v) is 1.65. The molecular formula is C12H13NO2. The normalized spacial score (nSPS) is 19.5. The van der Waals surface area contributed by atoms with Crippen molar-refractivity contribution in [3.8, 4) is 0 Å². The Bertz CT molecular complexity index is 423. The number of aliphatic imine (C=N–C) groups is 1. The first kappa shape index (κ1) is 9.90. The van der Waals surface area contributed by atoms with Crippen LogP contribution in [-0.4, -0.2) is 18.3 Å². The number of Topliss-reactive ketones (excluding diaryl/α,β-unsaturated/α-hetero) is 1. The van der Waals surface area contributed by atoms with Gasteiger partial charge in [-0.2, -0.15) is 0 Å². The third-order valence-corrected chi connectivity index (χ3v) is 2.46. The van der Waals surface area contributed by atoms with Crippen LogP contribution in [0.15, 0.2) is 29.3 Å². The van der Waals surface area contributed by atoms with Crippen LogP contribution in [0.25, 0.3) is 0 Å². The van der Waals surface area contributed by atoms with Crippen LogP contribution in [0.5, 0.6) is 0 Å². The summed E-state index contributed by atoms with van der Waals surface area (Å²) in [6.07, 6.45) is 0. The molecule has 1 aromatic rings. The van der Waals surface area contributed by atoms with Crippen molar-refractivity contribution in [1.29, 1.82) is 0 Å². The van der Waals surface area contributed by atoms with Crippen LogP contribution >= 0.6 is 0 Å². The van der Waals surface area contributed by atoms with Crippen molar-refractivity contribution in [2.75, 3.05) is 6.61 Å². The summed E-state index contributed by atoms with van der Waals surface area (Å²) in [5.74, 6) is 0.352. The lowest BCUT2D eigenvalue weighted by Crippen LogP contribution is -2.26. The van der Waals surface area contributed by atoms with E-state index >= 15 is 0 Å². The van der Waals surface area contributed by atoms with Gasteiger partial charge in [0.05, 0.1) is 18.2 Å². The van der Waals surface area contributed by atoms with Gasteiger partial charge in [-0.3, -0.25) is 4.79 Å². The number of ketones is 1. The molecular weight excluding hydrogens is 190 g/mol. The van der Waals surface area contributed by atoms with Gasteiger partial charge in [0.2, 0.25) is 0 Å². The number of hydrogen-bond donors (Lipinski definition) is 0. The van der Waals surface area contributed by atoms with E-state index in [9.17, 15) is 4.79 Å². The van der Waals surface area contributed by atoms with E-state index in [1.807, 2.05) is 32.0 Å². The lowest BCUT2D eigenvalue weighted by Gasteiger charge is -2.19. The maximum absolute atomic E-state index is 11.9. The van der Waals surface area contributed by atoms with E-state index in [1.165, 1.54) is 0 Å². The number of para-hydroxylation sites is 1. The highest BCUT2D eigenvalue weighted by Gasteiger charge is 2.28. The Morgan fingerprint density at radius 2 is 2.13 bits per heavy atom. The van der Waals surface area contributed by atoms with Gasteiger partial charge in [-0.05, 0) is 26.0 Å². The highest BCUT2D eigenvalue weighted by atomic mass is 16.5. The molecule has 0 N–H and O–H groups in total. The molecule has 3 heteroatoms. The average molecular weight is 203 g/mol. The number of carbonyl (C=O) groups is 1. The number of rotatable bonds is 1. The molecule has 0 spiro atoms. The van der Waals surface area contributed by atoms with Crippen LogP contribution < -0.4 is 0 Å². The van der Waals surface area contributed by atoms with Gasteiger partial charge in [-0.15, -0.1) is 0 Å². The summed E-state index contributed by atoms with van der Waals surface area (Å²) < 4.78 is 5.35. The molecule has 0 amide bonds. The summed E-state index contributed by atoms with van der Waals surface area (Å²) in [7, 11) is 0. The van der Waals surface area contributed by atoms with E-state index in [0.717, 1.165) is 0 Å². The zero-order valence-electron chi connectivity index (χ0n) is 8.86. The van der Waals surface area contributed by atoms with Gasteiger partial charge in [-0.1, -0.05) is 12.1 Å². The van der Waals surface area contributed by atoms with Gasteiger partial charge < -0.3 is 4.74 Å². The molecule has 0 bridgehead atoms. The van der Waals surface area contributed by atoms with Gasteiger partial charge >= 0.3 is 0 Å². The van der Waals surface area contributed by atoms with Crippen molar-refractivity contribution < 1.29 is 9.53 Å². The Kier molecular flexibility index (Phi) is 2.54. The number of benzene rings is 1. The second-order valence-electron chi connectivity index (χ2n) is 3.49. The first-order valence-electron chi connectivity index (χ1n) is 5.08. The maximum atomic E-state index is 11.9. The monoisotopic (exact) mass is 203 g/mol. The molecule has 1 heterocycles. The number of fused-ring (bicyclic) bond motifs is 1. The topological polar surface area (TPSA) is 38.7 Å². The van der Waals surface area contributed by atoms with E-state index in [0.29, 0.717) is 23.8 Å². The number of hydrogen-bond acceptors (Lipinski definition) is 3. The molecule has 1 aliphatic rings. The van der Waals surface area contributed by atoms with Crippen molar-refractivity contribution in [1.82, 2.24) is 0 Å². The molecule has 3 nitrogen and oxygen atoms in total. The van der Waals surface area contributed by atoms with Gasteiger partial charge in [0.1, 0.15) is 0 Å². The van der Waals surface area contributed by atoms with Gasteiger partial charge in [0, 0.05) is 5.56 Å². The Hall–Kier alpha value is -1.64. The third-order valence-electron chi connectivity index (χ3n) is 2.46. The van der Waals surface area contributed by atoms with E-state index in [4.69, 9.17) is 4.74 Å². The fraction of sp³-hybridized carbons (Fsp3) is 0.333. The molecule has 1 aliphatic heterocycles. The standard InChI is InChI=1S/C12H13NO2/c1-3-15-12-8(2)11(14)9-6-4-5-7-10(9)13-12/h4-8H,3H2,1-2H3. The molecule has 0 saturated carbocycles. The molecule has 1 atom stereocenters. The Balaban J connectivity index is 2.47. The lowest BCUT2D eigenvalue weighted by molar-refractivity contribution is 0.0946. The average Bonchev–Trinajstić information content (AvgIpc) is 2.26. The van der Waals surface area contributed by atoms with E-state index < -0.39 is 0 Å². The minimum atomic E-state index is -0.264. The quantitative estimate of drug-likeness (QED) is 0.703. The van der Waals surface area contributed by atoms with Crippen molar-refractivity contribution in [3.05, 3.63) is 29.8 Å². The zero-order chi connectivity index (χ0) is 10.8. The Morgan fingerprint density at radius 3 is 2.87 bits per heavy atom. The summed E-state index contributed by atoms with van der Waals surface area (Å²) in [5.41, 5.74) is 1.40. The molecule has 2 rings (SSSR count). The number of ether oxygens (including phenoxy) is 1. The molecule has 78 valence electrons. The summed E-state index contributed by atoms with van der Waals surface area (Å²) in [5, 5.41) is 0. The largest absolute Gasteiger partial charge is 0.481 e. The summed E-state index contributed by atoms with van der Waals surface area (Å²) in [6, 6.07) is 7.36. The zero-order valence-corrected chi connectivity index (χ0v) is 8.86. The number of carbonyl (C=O) groups excluding carboxylic acids is 1. The summed E-state index contributed by atoms with van der Waals surface area (Å²) >= 11 is 0. The molecule has 0 aliphatic carbocycles. The molecule has 0 fully saturated rings. The van der Waals surface area contributed by atoms with E-state index in [1.54, 1.807) is 6.07 Å². The van der Waals surface area contributed by atoms with E-state index in [2.05, 4.69) is 4.99 Å². The lowest BCUT2D eigenvalue weighted by atomic mass is 9.95. The fourth-order valence-electron chi connectivity index (χ4n) is 1.65. The van der Waals surface area contributed by atoms with E-state index in [-0.39, 0.29) is 11.7 Å². The second kappa shape index (κ2) is 3.85. The third kappa shape index (κ3) is 1.65. The molecule has 0 saturated heterocycles. The predicted molar refractivity (Wildman–Crippen MR) is 58.7 cm³/mol. The maximum Gasteiger partial charge on any atom is 0.199 e. The predicted octanol–water partition coefficient (Wildman–Crippen LogP) is 2.59. The first-order chi connectivity index (χ1) is 7.24. The molecule has 1 unspecified atom stereocenters. The highest BCUT2D eigenvalue weighted by molar-refractivity contribution is 6.15. The van der Waals surface area contributed by atoms with Crippen LogP contribution in [0.4, 0.5) is 5.69 Å². The van der Waals surface area contributed by atoms with Crippen LogP contribution in [-0.2, 0) is 4.74 Å². The van der Waals surface area contributed by atoms with Crippen LogP contribution in [0.2, 0.25) is 0 Å². The van der Waals surface area contributed by atoms with Crippen LogP contribution in [0.1, 0.15) is 24.2 Å². The number of nitrogens with zero attached hydrogens (tertiary/aromatic N) is 1. The smallest absolute Gasteiger partial charge is 0.199 e. The second-order valence-corrected chi connectivity index (χ2v) is 3.49. The highest BCUT2D eigenvalue weighted by Crippen LogP contribution is 2.28. The van der Waals surface area contributed by atoms with Crippen molar-refractivity contribution in [2.45, 2.75) is 13.8 Å². The van der Waals surface area contributed by atoms with Crippen molar-refractivity contribution in [2.24, 2.45) is 10.9 Å². The van der Waals surface area contributed by atoms with Gasteiger partial charge in [-0.25, -0.2) is 4.99 Å². The summed E-state index contributed by atoms with van der Waals surface area (Å²) in [4.78, 5) is 16.3. The molecule has 1 aromatic carbocycles. The minimum Gasteiger partial charge on any atom is -0.481 e. The van der Waals surface area contributed by atoms with Crippen LogP contribution in [0, 0.1) is 5.92 Å². The Morgan fingerprint density at radius 1 is 1.40 bits per heavy atom. The molecule has 0 radical (unpaired) electrons. The van der Waals surface area contributed by atoms with Gasteiger partial charge in [0.25, 0.3) is 0 Å². The molecule has 15 heavy (non-hydrogen) atoms.